The average molecular weight is 398 g/mol. The minimum atomic E-state index is -3.56. The molecule has 7 heteroatoms. The fraction of sp³-hybridized carbons (Fsp3) is 0.333. The molecular formula is C21H23N3O3S. The molecule has 0 saturated carbocycles. The van der Waals surface area contributed by atoms with Crippen LogP contribution in [-0.4, -0.2) is 44.7 Å². The highest BCUT2D eigenvalue weighted by Gasteiger charge is 2.29. The van der Waals surface area contributed by atoms with E-state index in [1.807, 2.05) is 24.8 Å². The van der Waals surface area contributed by atoms with E-state index in [-0.39, 0.29) is 5.78 Å². The summed E-state index contributed by atoms with van der Waals surface area (Å²) in [6, 6.07) is 12.3. The molecule has 3 rings (SSSR count). The molecule has 2 aromatic carbocycles. The van der Waals surface area contributed by atoms with Crippen molar-refractivity contribution in [3.8, 4) is 6.07 Å². The van der Waals surface area contributed by atoms with E-state index in [2.05, 4.69) is 6.07 Å². The Labute approximate surface area is 166 Å². The van der Waals surface area contributed by atoms with Crippen LogP contribution in [0.25, 0.3) is 0 Å². The van der Waals surface area contributed by atoms with Crippen molar-refractivity contribution in [1.82, 2.24) is 4.31 Å². The molecule has 1 aliphatic rings. The van der Waals surface area contributed by atoms with E-state index in [0.29, 0.717) is 47.9 Å². The predicted molar refractivity (Wildman–Crippen MR) is 108 cm³/mol. The van der Waals surface area contributed by atoms with Crippen molar-refractivity contribution in [1.29, 1.82) is 5.26 Å². The highest BCUT2D eigenvalue weighted by Crippen LogP contribution is 2.26. The van der Waals surface area contributed by atoms with Crippen LogP contribution in [0.2, 0.25) is 0 Å². The molecule has 28 heavy (non-hydrogen) atoms. The number of nitriles is 1. The third-order valence-electron chi connectivity index (χ3n) is 5.22. The highest BCUT2D eigenvalue weighted by atomic mass is 32.2. The van der Waals surface area contributed by atoms with E-state index in [1.165, 1.54) is 11.2 Å². The van der Waals surface area contributed by atoms with Gasteiger partial charge in [0.25, 0.3) is 0 Å². The normalized spacial score (nSPS) is 15.3. The van der Waals surface area contributed by atoms with Crippen LogP contribution in [0.4, 0.5) is 5.69 Å². The summed E-state index contributed by atoms with van der Waals surface area (Å²) < 4.78 is 27.4. The van der Waals surface area contributed by atoms with Gasteiger partial charge >= 0.3 is 0 Å². The molecule has 2 aromatic rings. The summed E-state index contributed by atoms with van der Waals surface area (Å²) in [5.41, 5.74) is 3.70. The third-order valence-corrected chi connectivity index (χ3v) is 7.11. The number of carbonyl (C=O) groups excluding carboxylic acids is 1. The first-order valence-electron chi connectivity index (χ1n) is 9.11. The molecule has 1 aliphatic heterocycles. The van der Waals surface area contributed by atoms with Gasteiger partial charge in [0.05, 0.1) is 16.1 Å². The van der Waals surface area contributed by atoms with Crippen molar-refractivity contribution < 1.29 is 13.2 Å². The van der Waals surface area contributed by atoms with E-state index >= 15 is 0 Å². The number of Topliss-reactive ketones (excluding diaryl/α,β-unsaturated/α-hetero) is 1. The average Bonchev–Trinajstić information content (AvgIpc) is 2.69. The van der Waals surface area contributed by atoms with Gasteiger partial charge < -0.3 is 4.90 Å². The van der Waals surface area contributed by atoms with Crippen molar-refractivity contribution in [3.63, 3.8) is 0 Å². The van der Waals surface area contributed by atoms with Crippen LogP contribution in [0, 0.1) is 25.2 Å². The second-order valence-corrected chi connectivity index (χ2v) is 8.98. The Hall–Kier alpha value is -2.69. The van der Waals surface area contributed by atoms with Gasteiger partial charge in [-0.15, -0.1) is 0 Å². The van der Waals surface area contributed by atoms with E-state index in [1.54, 1.807) is 30.3 Å². The monoisotopic (exact) mass is 397 g/mol. The van der Waals surface area contributed by atoms with E-state index in [9.17, 15) is 18.5 Å². The van der Waals surface area contributed by atoms with Crippen molar-refractivity contribution in [2.24, 2.45) is 0 Å². The molecule has 0 bridgehead atoms. The van der Waals surface area contributed by atoms with Gasteiger partial charge in [0, 0.05) is 31.7 Å². The SMILES string of the molecule is CC(=O)c1ccc(C#N)c(N2CCN(S(=O)(=O)c3ccc(C)c(C)c3)CC2)c1. The van der Waals surface area contributed by atoms with E-state index in [0.717, 1.165) is 11.1 Å². The summed E-state index contributed by atoms with van der Waals surface area (Å²) in [5, 5.41) is 9.39. The zero-order valence-corrected chi connectivity index (χ0v) is 17.1. The standard InChI is InChI=1S/C21H23N3O3S/c1-15-4-7-20(12-16(15)2)28(26,27)24-10-8-23(9-11-24)21-13-18(17(3)25)5-6-19(21)14-22/h4-7,12-13H,8-11H2,1-3H3. The number of hydrogen-bond acceptors (Lipinski definition) is 5. The molecule has 6 nitrogen and oxygen atoms in total. The Morgan fingerprint density at radius 3 is 2.25 bits per heavy atom. The van der Waals surface area contributed by atoms with Crippen LogP contribution in [0.3, 0.4) is 0 Å². The molecule has 146 valence electrons. The molecule has 1 fully saturated rings. The lowest BCUT2D eigenvalue weighted by Gasteiger charge is -2.36. The molecule has 0 radical (unpaired) electrons. The van der Waals surface area contributed by atoms with Crippen LogP contribution in [0.5, 0.6) is 0 Å². The molecule has 0 amide bonds. The number of aryl methyl sites for hydroxylation is 2. The van der Waals surface area contributed by atoms with E-state index in [4.69, 9.17) is 0 Å². The molecule has 1 saturated heterocycles. The van der Waals surface area contributed by atoms with Gasteiger partial charge in [0.2, 0.25) is 10.0 Å². The Bertz CT molecular complexity index is 1060. The quantitative estimate of drug-likeness (QED) is 0.741. The maximum Gasteiger partial charge on any atom is 0.243 e. The number of nitrogens with zero attached hydrogens (tertiary/aromatic N) is 3. The Kier molecular flexibility index (Phi) is 5.54. The fourth-order valence-corrected chi connectivity index (χ4v) is 4.81. The van der Waals surface area contributed by atoms with Gasteiger partial charge in [-0.3, -0.25) is 4.79 Å². The van der Waals surface area contributed by atoms with E-state index < -0.39 is 10.0 Å². The zero-order valence-electron chi connectivity index (χ0n) is 16.3. The number of piperazine rings is 1. The second kappa shape index (κ2) is 7.74. The Morgan fingerprint density at radius 2 is 1.68 bits per heavy atom. The molecular weight excluding hydrogens is 374 g/mol. The van der Waals surface area contributed by atoms with Gasteiger partial charge in [0.1, 0.15) is 6.07 Å². The number of ketones is 1. The third kappa shape index (κ3) is 3.79. The second-order valence-electron chi connectivity index (χ2n) is 7.04. The fourth-order valence-electron chi connectivity index (χ4n) is 3.30. The number of hydrogen-bond donors (Lipinski definition) is 0. The molecule has 0 aliphatic carbocycles. The summed E-state index contributed by atoms with van der Waals surface area (Å²) in [5.74, 6) is -0.0679. The van der Waals surface area contributed by atoms with Crippen LogP contribution in [-0.2, 0) is 10.0 Å². The predicted octanol–water partition coefficient (Wildman–Crippen LogP) is 2.89. The zero-order chi connectivity index (χ0) is 20.5. The highest BCUT2D eigenvalue weighted by molar-refractivity contribution is 7.89. The maximum atomic E-state index is 13.0. The van der Waals surface area contributed by atoms with Crippen molar-refractivity contribution in [2.45, 2.75) is 25.7 Å². The number of carbonyl (C=O) groups is 1. The Morgan fingerprint density at radius 1 is 1.00 bits per heavy atom. The van der Waals surface area contributed by atoms with Crippen LogP contribution in [0.1, 0.15) is 34.0 Å². The molecule has 0 atom stereocenters. The minimum absolute atomic E-state index is 0.0679. The summed E-state index contributed by atoms with van der Waals surface area (Å²) in [7, 11) is -3.56. The van der Waals surface area contributed by atoms with Crippen LogP contribution in [0.15, 0.2) is 41.3 Å². The summed E-state index contributed by atoms with van der Waals surface area (Å²) in [6.45, 7) is 6.90. The first-order chi connectivity index (χ1) is 13.2. The summed E-state index contributed by atoms with van der Waals surface area (Å²) in [4.78, 5) is 14.0. The van der Waals surface area contributed by atoms with Gasteiger partial charge in [0.15, 0.2) is 5.78 Å². The lowest BCUT2D eigenvalue weighted by atomic mass is 10.1. The number of rotatable bonds is 4. The lowest BCUT2D eigenvalue weighted by molar-refractivity contribution is 0.101. The van der Waals surface area contributed by atoms with Crippen LogP contribution < -0.4 is 4.90 Å². The molecule has 1 heterocycles. The minimum Gasteiger partial charge on any atom is -0.368 e. The smallest absolute Gasteiger partial charge is 0.243 e. The van der Waals surface area contributed by atoms with Crippen molar-refractivity contribution in [3.05, 3.63) is 58.7 Å². The summed E-state index contributed by atoms with van der Waals surface area (Å²) in [6.07, 6.45) is 0. The molecule has 0 unspecified atom stereocenters. The molecule has 0 aromatic heterocycles. The lowest BCUT2D eigenvalue weighted by Crippen LogP contribution is -2.48. The molecule has 0 spiro atoms. The van der Waals surface area contributed by atoms with Gasteiger partial charge in [-0.25, -0.2) is 8.42 Å². The van der Waals surface area contributed by atoms with Crippen molar-refractivity contribution in [2.75, 3.05) is 31.1 Å². The first kappa shape index (κ1) is 20.1. The first-order valence-corrected chi connectivity index (χ1v) is 10.6. The molecule has 0 N–H and O–H groups in total. The number of sulfonamides is 1. The van der Waals surface area contributed by atoms with Gasteiger partial charge in [-0.2, -0.15) is 9.57 Å². The maximum absolute atomic E-state index is 13.0. The van der Waals surface area contributed by atoms with Crippen LogP contribution >= 0.6 is 0 Å². The number of anilines is 1. The largest absolute Gasteiger partial charge is 0.368 e. The van der Waals surface area contributed by atoms with Gasteiger partial charge in [-0.1, -0.05) is 6.07 Å². The van der Waals surface area contributed by atoms with Crippen molar-refractivity contribution >= 4 is 21.5 Å². The topological polar surface area (TPSA) is 81.5 Å². The van der Waals surface area contributed by atoms with Gasteiger partial charge in [-0.05, 0) is 62.2 Å². The Balaban J connectivity index is 1.81. The summed E-state index contributed by atoms with van der Waals surface area (Å²) >= 11 is 0. The number of benzene rings is 2.